The van der Waals surface area contributed by atoms with E-state index in [0.717, 1.165) is 0 Å². The molecular weight excluding hydrogens is 531 g/mol. The lowest BCUT2D eigenvalue weighted by Crippen LogP contribution is -2.21. The van der Waals surface area contributed by atoms with Gasteiger partial charge in [0.1, 0.15) is 10.4 Å². The summed E-state index contributed by atoms with van der Waals surface area (Å²) in [4.78, 5) is 13.3. The lowest BCUT2D eigenvalue weighted by Gasteiger charge is -2.05. The number of thiophene rings is 1. The Bertz CT molecular complexity index is 1010. The molecule has 0 aliphatic heterocycles. The van der Waals surface area contributed by atoms with Crippen molar-refractivity contribution in [3.8, 4) is 0 Å². The fourth-order valence-electron chi connectivity index (χ4n) is 1.50. The summed E-state index contributed by atoms with van der Waals surface area (Å²) in [5.74, 6) is -2.92. The van der Waals surface area contributed by atoms with Crippen LogP contribution >= 0.6 is 50.6 Å². The van der Waals surface area contributed by atoms with E-state index in [-0.39, 0.29) is 20.6 Å². The molecule has 2 heterocycles. The number of nitrogens with one attached hydrogen (secondary N) is 1. The fourth-order valence-corrected chi connectivity index (χ4v) is 5.77. The van der Waals surface area contributed by atoms with E-state index in [1.54, 1.807) is 6.26 Å². The number of carbonyl (C=O) groups is 1. The van der Waals surface area contributed by atoms with Crippen molar-refractivity contribution in [2.24, 2.45) is 5.73 Å². The maximum atomic E-state index is 12.7. The van der Waals surface area contributed by atoms with Crippen molar-refractivity contribution in [2.75, 3.05) is 6.26 Å². The Morgan fingerprint density at radius 2 is 1.96 bits per heavy atom. The number of sulfone groups is 1. The number of aliphatic carboxylic acids is 1. The Morgan fingerprint density at radius 3 is 2.36 bits per heavy atom. The van der Waals surface area contributed by atoms with E-state index in [1.165, 1.54) is 41.4 Å². The molecule has 4 N–H and O–H groups in total. The third kappa shape index (κ3) is 6.07. The number of alkyl halides is 3. The largest absolute Gasteiger partial charge is 0.490 e. The van der Waals surface area contributed by atoms with Gasteiger partial charge in [-0.1, -0.05) is 11.6 Å². The van der Waals surface area contributed by atoms with Crippen molar-refractivity contribution in [3.63, 3.8) is 0 Å². The van der Waals surface area contributed by atoms with Gasteiger partial charge in [0.05, 0.1) is 23.9 Å². The number of carboxylic acid groups (broad SMARTS) is 1. The van der Waals surface area contributed by atoms with Gasteiger partial charge in [-0.15, -0.1) is 23.1 Å². The van der Waals surface area contributed by atoms with Gasteiger partial charge >= 0.3 is 12.1 Å². The van der Waals surface area contributed by atoms with Crippen molar-refractivity contribution < 1.29 is 31.5 Å². The van der Waals surface area contributed by atoms with Crippen LogP contribution in [0.1, 0.15) is 4.88 Å². The van der Waals surface area contributed by atoms with E-state index in [1.807, 2.05) is 0 Å². The number of rotatable bonds is 4. The zero-order chi connectivity index (χ0) is 21.9. The Kier molecular flexibility index (Phi) is 8.32. The van der Waals surface area contributed by atoms with E-state index in [4.69, 9.17) is 32.6 Å². The molecule has 0 saturated carbocycles. The summed E-state index contributed by atoms with van der Waals surface area (Å²) >= 11 is 11.5. The number of hydrogen-bond donors (Lipinski definition) is 3. The number of hydrogen-bond acceptors (Lipinski definition) is 7. The molecule has 0 unspecified atom stereocenters. The van der Waals surface area contributed by atoms with Crippen LogP contribution in [0.5, 0.6) is 0 Å². The van der Waals surface area contributed by atoms with Crippen LogP contribution in [-0.4, -0.2) is 42.7 Å². The van der Waals surface area contributed by atoms with Gasteiger partial charge in [-0.25, -0.2) is 18.2 Å². The Labute approximate surface area is 178 Å². The molecule has 0 bridgehead atoms. The minimum Gasteiger partial charge on any atom is -0.475 e. The molecule has 15 heteroatoms. The van der Waals surface area contributed by atoms with Gasteiger partial charge < -0.3 is 10.8 Å². The highest BCUT2D eigenvalue weighted by Crippen LogP contribution is 2.37. The first-order valence-electron chi connectivity index (χ1n) is 6.60. The van der Waals surface area contributed by atoms with Crippen LogP contribution < -0.4 is 5.73 Å². The first-order chi connectivity index (χ1) is 12.7. The standard InChI is InChI=1S/C11H9BrClN3O2S3.C2HF3O2/c1-19-11-8(3-7(20-11)10(14)15)21(17,18)5-2-6(13)9(12)16-4-5;3-2(4,5)1(6)7/h2-4H,1H3,(H3,14,15);(H,6,7). The molecule has 7 nitrogen and oxygen atoms in total. The summed E-state index contributed by atoms with van der Waals surface area (Å²) in [5, 5.41) is 14.8. The van der Waals surface area contributed by atoms with Gasteiger partial charge in [0, 0.05) is 6.20 Å². The summed E-state index contributed by atoms with van der Waals surface area (Å²) in [5.41, 5.74) is 5.43. The number of amidine groups is 1. The van der Waals surface area contributed by atoms with Crippen LogP contribution in [-0.2, 0) is 14.6 Å². The number of halogens is 5. The van der Waals surface area contributed by atoms with Crippen molar-refractivity contribution in [3.05, 3.63) is 32.8 Å². The average Bonchev–Trinajstić information content (AvgIpc) is 3.02. The second-order valence-electron chi connectivity index (χ2n) is 4.63. The summed E-state index contributed by atoms with van der Waals surface area (Å²) in [6.07, 6.45) is -2.08. The van der Waals surface area contributed by atoms with Gasteiger partial charge in [-0.3, -0.25) is 5.41 Å². The summed E-state index contributed by atoms with van der Waals surface area (Å²) < 4.78 is 58.0. The number of carboxylic acids is 1. The molecule has 2 aromatic heterocycles. The van der Waals surface area contributed by atoms with Crippen LogP contribution in [0.2, 0.25) is 5.02 Å². The zero-order valence-corrected chi connectivity index (χ0v) is 18.3. The van der Waals surface area contributed by atoms with Crippen LogP contribution in [0.15, 0.2) is 36.9 Å². The van der Waals surface area contributed by atoms with E-state index in [0.29, 0.717) is 13.7 Å². The molecule has 0 amide bonds. The van der Waals surface area contributed by atoms with Crippen LogP contribution in [0, 0.1) is 5.41 Å². The summed E-state index contributed by atoms with van der Waals surface area (Å²) in [6.45, 7) is 0. The van der Waals surface area contributed by atoms with E-state index in [9.17, 15) is 21.6 Å². The molecule has 154 valence electrons. The lowest BCUT2D eigenvalue weighted by molar-refractivity contribution is -0.192. The first-order valence-corrected chi connectivity index (χ1v) is 11.3. The second kappa shape index (κ2) is 9.43. The quantitative estimate of drug-likeness (QED) is 0.231. The zero-order valence-electron chi connectivity index (χ0n) is 13.5. The predicted molar refractivity (Wildman–Crippen MR) is 103 cm³/mol. The predicted octanol–water partition coefficient (Wildman–Crippen LogP) is 4.03. The Morgan fingerprint density at radius 1 is 1.43 bits per heavy atom. The van der Waals surface area contributed by atoms with Gasteiger partial charge in [0.15, 0.2) is 0 Å². The molecule has 0 aliphatic rings. The number of pyridine rings is 1. The highest BCUT2D eigenvalue weighted by atomic mass is 79.9. The van der Waals surface area contributed by atoms with Gasteiger partial charge in [-0.05, 0) is 34.3 Å². The van der Waals surface area contributed by atoms with E-state index < -0.39 is 22.0 Å². The minimum absolute atomic E-state index is 0.00102. The molecule has 0 fully saturated rings. The molecule has 0 aromatic carbocycles. The molecule has 2 rings (SSSR count). The smallest absolute Gasteiger partial charge is 0.475 e. The number of nitrogens with two attached hydrogens (primary N) is 1. The third-order valence-electron chi connectivity index (χ3n) is 2.73. The Balaban J connectivity index is 0.000000480. The normalized spacial score (nSPS) is 11.5. The maximum Gasteiger partial charge on any atom is 0.490 e. The number of thioether (sulfide) groups is 1. The average molecular weight is 541 g/mol. The van der Waals surface area contributed by atoms with Crippen molar-refractivity contribution in [1.82, 2.24) is 4.98 Å². The molecular formula is C13H10BrClF3N3O4S3. The topological polar surface area (TPSA) is 134 Å². The molecule has 0 spiro atoms. The first kappa shape index (κ1) is 24.7. The molecule has 2 aromatic rings. The minimum atomic E-state index is -5.08. The lowest BCUT2D eigenvalue weighted by atomic mass is 10.4. The molecule has 0 aliphatic carbocycles. The number of nitrogen functional groups attached to an aromatic ring is 1. The van der Waals surface area contributed by atoms with E-state index >= 15 is 0 Å². The van der Waals surface area contributed by atoms with Crippen LogP contribution in [0.25, 0.3) is 0 Å². The molecule has 0 atom stereocenters. The van der Waals surface area contributed by atoms with Crippen molar-refractivity contribution in [2.45, 2.75) is 20.2 Å². The summed E-state index contributed by atoms with van der Waals surface area (Å²) in [7, 11) is -3.76. The molecule has 0 saturated heterocycles. The SMILES string of the molecule is CSc1sc(C(=N)N)cc1S(=O)(=O)c1cnc(Br)c(Cl)c1.O=C(O)C(F)(F)F. The van der Waals surface area contributed by atoms with Gasteiger partial charge in [0.2, 0.25) is 9.84 Å². The molecule has 0 radical (unpaired) electrons. The monoisotopic (exact) mass is 539 g/mol. The van der Waals surface area contributed by atoms with Crippen LogP contribution in [0.4, 0.5) is 13.2 Å². The summed E-state index contributed by atoms with van der Waals surface area (Å²) in [6, 6.07) is 2.74. The number of nitrogens with zero attached hydrogens (tertiary/aromatic N) is 1. The second-order valence-corrected chi connectivity index (χ2v) is 9.83. The Hall–Kier alpha value is -1.35. The fraction of sp³-hybridized carbons (Fsp3) is 0.154. The third-order valence-corrected chi connectivity index (χ3v) is 8.19. The number of aromatic nitrogens is 1. The van der Waals surface area contributed by atoms with Crippen molar-refractivity contribution in [1.29, 1.82) is 5.41 Å². The maximum absolute atomic E-state index is 12.7. The van der Waals surface area contributed by atoms with Gasteiger partial charge in [-0.2, -0.15) is 13.2 Å². The van der Waals surface area contributed by atoms with Gasteiger partial charge in [0.25, 0.3) is 0 Å². The highest BCUT2D eigenvalue weighted by Gasteiger charge is 2.38. The van der Waals surface area contributed by atoms with Crippen LogP contribution in [0.3, 0.4) is 0 Å². The van der Waals surface area contributed by atoms with Crippen molar-refractivity contribution >= 4 is 72.3 Å². The van der Waals surface area contributed by atoms with E-state index in [2.05, 4.69) is 20.9 Å². The molecule has 28 heavy (non-hydrogen) atoms. The highest BCUT2D eigenvalue weighted by molar-refractivity contribution is 9.10.